The molecule has 0 heterocycles. The van der Waals surface area contributed by atoms with Crippen LogP contribution in [0.1, 0.15) is 85.0 Å². The minimum Gasteiger partial charge on any atom is -0.550 e. The molecular weight excluding hydrogens is 375 g/mol. The molecule has 0 spiro atoms. The second-order valence-electron chi connectivity index (χ2n) is 11.3. The molecule has 29 heavy (non-hydrogen) atoms. The fraction of sp³-hybridized carbons (Fsp3) is 0.958. The first-order valence-electron chi connectivity index (χ1n) is 11.7. The van der Waals surface area contributed by atoms with Crippen LogP contribution in [-0.2, 0) is 4.79 Å². The van der Waals surface area contributed by atoms with Gasteiger partial charge in [0, 0.05) is 5.97 Å². The molecule has 0 aliphatic heterocycles. The standard InChI is InChI=1S/C24H40O4.Na/c1-14(4-7-21(27)28)17-5-6-18-22-19(9-11-24(17,18)3)23(2)10-8-16(25)12-15(23)13-20(22)26;/h14-20,22,25-26H,4-13H2,1-3H3,(H,27,28);/q;+1/p-1/t14-,15+,16-,17-,18+,19+,20+,22+,23+,24-;/m0./s1. The molecule has 0 bridgehead atoms. The van der Waals surface area contributed by atoms with Crippen molar-refractivity contribution in [1.82, 2.24) is 0 Å². The van der Waals surface area contributed by atoms with Gasteiger partial charge in [0.25, 0.3) is 0 Å². The van der Waals surface area contributed by atoms with Crippen LogP contribution in [0.3, 0.4) is 0 Å². The maximum absolute atomic E-state index is 11.2. The number of carboxylic acids is 1. The predicted octanol–water partition coefficient (Wildman–Crippen LogP) is 0.147. The monoisotopic (exact) mass is 414 g/mol. The minimum absolute atomic E-state index is 0. The molecule has 0 aromatic carbocycles. The summed E-state index contributed by atoms with van der Waals surface area (Å²) in [4.78, 5) is 10.9. The van der Waals surface area contributed by atoms with Gasteiger partial charge in [0.1, 0.15) is 0 Å². The molecule has 4 saturated carbocycles. The van der Waals surface area contributed by atoms with Gasteiger partial charge in [-0.15, -0.1) is 0 Å². The number of hydrogen-bond acceptors (Lipinski definition) is 4. The fourth-order valence-electron chi connectivity index (χ4n) is 8.72. The van der Waals surface area contributed by atoms with Gasteiger partial charge >= 0.3 is 29.6 Å². The van der Waals surface area contributed by atoms with Crippen LogP contribution in [0.5, 0.6) is 0 Å². The molecule has 4 rings (SSSR count). The summed E-state index contributed by atoms with van der Waals surface area (Å²) in [5.41, 5.74) is 0.494. The number of rotatable bonds is 4. The van der Waals surface area contributed by atoms with E-state index in [0.717, 1.165) is 25.7 Å². The van der Waals surface area contributed by atoms with E-state index < -0.39 is 5.97 Å². The molecule has 0 amide bonds. The van der Waals surface area contributed by atoms with Gasteiger partial charge in [0.15, 0.2) is 0 Å². The number of aliphatic hydroxyl groups is 2. The van der Waals surface area contributed by atoms with Crippen molar-refractivity contribution in [1.29, 1.82) is 0 Å². The Bertz CT molecular complexity index is 612. The molecule has 4 fully saturated rings. The second kappa shape index (κ2) is 8.73. The Balaban J connectivity index is 0.00000240. The van der Waals surface area contributed by atoms with Crippen molar-refractivity contribution >= 4 is 5.97 Å². The van der Waals surface area contributed by atoms with Gasteiger partial charge in [-0.05, 0) is 111 Å². The number of fused-ring (bicyclic) bond motifs is 5. The smallest absolute Gasteiger partial charge is 0.550 e. The molecule has 0 saturated heterocycles. The maximum Gasteiger partial charge on any atom is 1.00 e. The van der Waals surface area contributed by atoms with E-state index in [2.05, 4.69) is 20.8 Å². The third-order valence-corrected chi connectivity index (χ3v) is 10.2. The third-order valence-electron chi connectivity index (χ3n) is 10.2. The van der Waals surface area contributed by atoms with Crippen LogP contribution in [-0.4, -0.2) is 28.4 Å². The van der Waals surface area contributed by atoms with Crippen LogP contribution in [0, 0.1) is 46.3 Å². The number of carbonyl (C=O) groups excluding carboxylic acids is 1. The van der Waals surface area contributed by atoms with Crippen molar-refractivity contribution < 1.29 is 49.7 Å². The van der Waals surface area contributed by atoms with E-state index in [4.69, 9.17) is 0 Å². The zero-order valence-corrected chi connectivity index (χ0v) is 20.9. The summed E-state index contributed by atoms with van der Waals surface area (Å²) in [6.07, 6.45) is 8.91. The van der Waals surface area contributed by atoms with Crippen molar-refractivity contribution in [2.45, 2.75) is 97.2 Å². The molecule has 10 atom stereocenters. The average Bonchev–Trinajstić information content (AvgIpc) is 2.98. The number of aliphatic hydroxyl groups excluding tert-OH is 2. The Kier molecular flexibility index (Phi) is 7.24. The van der Waals surface area contributed by atoms with E-state index in [1.165, 1.54) is 25.7 Å². The first-order valence-corrected chi connectivity index (χ1v) is 11.7. The molecule has 160 valence electrons. The van der Waals surface area contributed by atoms with E-state index in [1.807, 2.05) is 0 Å². The Morgan fingerprint density at radius 2 is 1.69 bits per heavy atom. The zero-order valence-electron chi connectivity index (χ0n) is 18.9. The van der Waals surface area contributed by atoms with Crippen LogP contribution < -0.4 is 34.7 Å². The average molecular weight is 415 g/mol. The van der Waals surface area contributed by atoms with E-state index in [9.17, 15) is 20.1 Å². The summed E-state index contributed by atoms with van der Waals surface area (Å²) in [5, 5.41) is 32.4. The van der Waals surface area contributed by atoms with Gasteiger partial charge in [-0.1, -0.05) is 20.8 Å². The van der Waals surface area contributed by atoms with E-state index in [-0.39, 0.29) is 59.0 Å². The number of hydrogen-bond donors (Lipinski definition) is 2. The molecule has 4 nitrogen and oxygen atoms in total. The largest absolute Gasteiger partial charge is 1.00 e. The van der Waals surface area contributed by atoms with E-state index >= 15 is 0 Å². The van der Waals surface area contributed by atoms with Crippen LogP contribution in [0.15, 0.2) is 0 Å². The molecule has 4 aliphatic carbocycles. The minimum atomic E-state index is -0.934. The van der Waals surface area contributed by atoms with Crippen LogP contribution in [0.2, 0.25) is 0 Å². The predicted molar refractivity (Wildman–Crippen MR) is 106 cm³/mol. The number of carboxylic acid groups (broad SMARTS) is 1. The SMILES string of the molecule is C[C@@H](CCC(=O)[O-])[C@@H]1CC[C@@H]2[C@H]3[C@H](O)C[C@H]4C[C@@H](O)CC[C@@]4(C)[C@@H]3CC[C@]21C.[Na+]. The van der Waals surface area contributed by atoms with Gasteiger partial charge in [-0.3, -0.25) is 0 Å². The summed E-state index contributed by atoms with van der Waals surface area (Å²) in [5.74, 6) is 1.99. The van der Waals surface area contributed by atoms with Crippen molar-refractivity contribution in [2.75, 3.05) is 0 Å². The van der Waals surface area contributed by atoms with Crippen LogP contribution in [0.25, 0.3) is 0 Å². The Labute approximate surface area is 198 Å². The van der Waals surface area contributed by atoms with Gasteiger partial charge in [0.2, 0.25) is 0 Å². The quantitative estimate of drug-likeness (QED) is 0.642. The normalized spacial score (nSPS) is 49.9. The number of aliphatic carboxylic acids is 1. The first kappa shape index (κ1) is 24.0. The molecule has 4 aliphatic rings. The van der Waals surface area contributed by atoms with Gasteiger partial charge in [0.05, 0.1) is 12.2 Å². The molecule has 2 N–H and O–H groups in total. The summed E-state index contributed by atoms with van der Waals surface area (Å²) >= 11 is 0. The Hall–Kier alpha value is 0.390. The third kappa shape index (κ3) is 3.99. The van der Waals surface area contributed by atoms with Gasteiger partial charge in [-0.2, -0.15) is 0 Å². The first-order chi connectivity index (χ1) is 13.2. The molecule has 0 radical (unpaired) electrons. The van der Waals surface area contributed by atoms with Crippen LogP contribution >= 0.6 is 0 Å². The summed E-state index contributed by atoms with van der Waals surface area (Å²) in [7, 11) is 0. The summed E-state index contributed by atoms with van der Waals surface area (Å²) < 4.78 is 0. The topological polar surface area (TPSA) is 80.6 Å². The zero-order chi connectivity index (χ0) is 20.3. The summed E-state index contributed by atoms with van der Waals surface area (Å²) in [6.45, 7) is 7.11. The molecule has 0 aromatic heterocycles. The van der Waals surface area contributed by atoms with Crippen LogP contribution in [0.4, 0.5) is 0 Å². The molecule has 5 heteroatoms. The molecule has 0 unspecified atom stereocenters. The van der Waals surface area contributed by atoms with E-state index in [1.54, 1.807) is 0 Å². The van der Waals surface area contributed by atoms with E-state index in [0.29, 0.717) is 41.9 Å². The second-order valence-corrected chi connectivity index (χ2v) is 11.3. The summed E-state index contributed by atoms with van der Waals surface area (Å²) in [6, 6.07) is 0. The van der Waals surface area contributed by atoms with Gasteiger partial charge < -0.3 is 20.1 Å². The Morgan fingerprint density at radius 1 is 1.03 bits per heavy atom. The molecular formula is C24H39NaO4. The van der Waals surface area contributed by atoms with Gasteiger partial charge in [-0.25, -0.2) is 0 Å². The molecule has 0 aromatic rings. The van der Waals surface area contributed by atoms with Crippen molar-refractivity contribution in [3.63, 3.8) is 0 Å². The maximum atomic E-state index is 11.2. The number of carbonyl (C=O) groups is 1. The van der Waals surface area contributed by atoms with Crippen molar-refractivity contribution in [3.05, 3.63) is 0 Å². The van der Waals surface area contributed by atoms with Crippen molar-refractivity contribution in [3.8, 4) is 0 Å². The Morgan fingerprint density at radius 3 is 2.38 bits per heavy atom. The van der Waals surface area contributed by atoms with Crippen molar-refractivity contribution in [2.24, 2.45) is 46.3 Å². The fourth-order valence-corrected chi connectivity index (χ4v) is 8.72.